The molecule has 2 N–H and O–H groups in total. The third-order valence-corrected chi connectivity index (χ3v) is 4.67. The average molecular weight is 339 g/mol. The predicted octanol–water partition coefficient (Wildman–Crippen LogP) is 3.83. The van der Waals surface area contributed by atoms with Gasteiger partial charge in [0.05, 0.1) is 11.7 Å². The van der Waals surface area contributed by atoms with Crippen LogP contribution in [0.3, 0.4) is 0 Å². The topological polar surface area (TPSA) is 74.8 Å². The van der Waals surface area contributed by atoms with Gasteiger partial charge in [0, 0.05) is 22.7 Å². The minimum atomic E-state index is -0.258. The van der Waals surface area contributed by atoms with E-state index in [0.29, 0.717) is 11.3 Å². The van der Waals surface area contributed by atoms with Crippen molar-refractivity contribution < 1.29 is 9.59 Å². The van der Waals surface area contributed by atoms with Crippen molar-refractivity contribution in [2.24, 2.45) is 0 Å². The van der Waals surface area contributed by atoms with Crippen molar-refractivity contribution >= 4 is 23.0 Å². The number of H-pyrrole nitrogens is 1. The second-order valence-corrected chi connectivity index (χ2v) is 6.38. The first-order chi connectivity index (χ1) is 11.5. The van der Waals surface area contributed by atoms with Gasteiger partial charge in [-0.2, -0.15) is 0 Å². The normalized spacial score (nSPS) is 11.9. The van der Waals surface area contributed by atoms with E-state index in [1.54, 1.807) is 12.3 Å². The Kier molecular flexibility index (Phi) is 4.57. The SMILES string of the molecule is CC(=O)c1c[nH]c(C(=O)N[C@@H](C)c2nc(-c3ccccc3)cs2)c1. The molecule has 122 valence electrons. The van der Waals surface area contributed by atoms with Gasteiger partial charge in [-0.15, -0.1) is 11.3 Å². The van der Waals surface area contributed by atoms with Gasteiger partial charge in [-0.3, -0.25) is 9.59 Å². The maximum Gasteiger partial charge on any atom is 0.268 e. The van der Waals surface area contributed by atoms with Gasteiger partial charge in [0.15, 0.2) is 5.78 Å². The lowest BCUT2D eigenvalue weighted by molar-refractivity contribution is 0.0935. The van der Waals surface area contributed by atoms with Gasteiger partial charge < -0.3 is 10.3 Å². The third kappa shape index (κ3) is 3.44. The lowest BCUT2D eigenvalue weighted by Gasteiger charge is -2.10. The summed E-state index contributed by atoms with van der Waals surface area (Å²) < 4.78 is 0. The molecule has 0 saturated heterocycles. The zero-order valence-corrected chi connectivity index (χ0v) is 14.2. The molecule has 3 rings (SSSR count). The van der Waals surface area contributed by atoms with E-state index in [4.69, 9.17) is 0 Å². The van der Waals surface area contributed by atoms with E-state index in [1.165, 1.54) is 18.3 Å². The molecule has 0 spiro atoms. The summed E-state index contributed by atoms with van der Waals surface area (Å²) in [7, 11) is 0. The number of benzene rings is 1. The van der Waals surface area contributed by atoms with Crippen molar-refractivity contribution in [3.05, 3.63) is 64.2 Å². The Morgan fingerprint density at radius 2 is 2.00 bits per heavy atom. The highest BCUT2D eigenvalue weighted by atomic mass is 32.1. The smallest absolute Gasteiger partial charge is 0.268 e. The highest BCUT2D eigenvalue weighted by Gasteiger charge is 2.17. The summed E-state index contributed by atoms with van der Waals surface area (Å²) >= 11 is 1.51. The number of hydrogen-bond acceptors (Lipinski definition) is 4. The zero-order valence-electron chi connectivity index (χ0n) is 13.4. The minimum Gasteiger partial charge on any atom is -0.356 e. The van der Waals surface area contributed by atoms with Gasteiger partial charge in [0.25, 0.3) is 5.91 Å². The van der Waals surface area contributed by atoms with Crippen LogP contribution in [0.1, 0.15) is 45.7 Å². The lowest BCUT2D eigenvalue weighted by Crippen LogP contribution is -2.26. The molecule has 6 heteroatoms. The molecule has 24 heavy (non-hydrogen) atoms. The van der Waals surface area contributed by atoms with Gasteiger partial charge in [0.2, 0.25) is 0 Å². The van der Waals surface area contributed by atoms with E-state index in [2.05, 4.69) is 15.3 Å². The molecular weight excluding hydrogens is 322 g/mol. The summed E-state index contributed by atoms with van der Waals surface area (Å²) in [4.78, 5) is 31.0. The first kappa shape index (κ1) is 16.1. The molecule has 2 heterocycles. The van der Waals surface area contributed by atoms with Gasteiger partial charge in [-0.1, -0.05) is 30.3 Å². The van der Waals surface area contributed by atoms with Crippen LogP contribution in [0.5, 0.6) is 0 Å². The second-order valence-electron chi connectivity index (χ2n) is 5.49. The molecule has 0 aliphatic rings. The number of nitrogens with zero attached hydrogens (tertiary/aromatic N) is 1. The number of aromatic nitrogens is 2. The first-order valence-electron chi connectivity index (χ1n) is 7.55. The summed E-state index contributed by atoms with van der Waals surface area (Å²) in [6.07, 6.45) is 1.54. The minimum absolute atomic E-state index is 0.0780. The zero-order chi connectivity index (χ0) is 17.1. The van der Waals surface area contributed by atoms with Crippen molar-refractivity contribution in [3.63, 3.8) is 0 Å². The number of Topliss-reactive ketones (excluding diaryl/α,β-unsaturated/α-hetero) is 1. The quantitative estimate of drug-likeness (QED) is 0.694. The predicted molar refractivity (Wildman–Crippen MR) is 94.2 cm³/mol. The van der Waals surface area contributed by atoms with E-state index >= 15 is 0 Å². The summed E-state index contributed by atoms with van der Waals surface area (Å²) in [5.41, 5.74) is 2.81. The highest BCUT2D eigenvalue weighted by molar-refractivity contribution is 7.10. The Morgan fingerprint density at radius 1 is 1.25 bits per heavy atom. The fraction of sp³-hybridized carbons (Fsp3) is 0.167. The molecule has 5 nitrogen and oxygen atoms in total. The molecule has 1 aromatic carbocycles. The number of rotatable bonds is 5. The second kappa shape index (κ2) is 6.80. The molecule has 0 aliphatic carbocycles. The molecule has 0 saturated carbocycles. The van der Waals surface area contributed by atoms with E-state index in [9.17, 15) is 9.59 Å². The van der Waals surface area contributed by atoms with Crippen LogP contribution in [0.2, 0.25) is 0 Å². The van der Waals surface area contributed by atoms with Crippen LogP contribution in [0, 0.1) is 0 Å². The standard InChI is InChI=1S/C18H17N3O2S/c1-11(20-17(23)15-8-14(9-19-15)12(2)22)18-21-16(10-24-18)13-6-4-3-5-7-13/h3-11,19H,1-2H3,(H,20,23)/t11-/m0/s1. The van der Waals surface area contributed by atoms with Crippen LogP contribution in [0.4, 0.5) is 0 Å². The summed E-state index contributed by atoms with van der Waals surface area (Å²) in [6.45, 7) is 3.36. The molecule has 0 aliphatic heterocycles. The Labute approximate surface area is 143 Å². The largest absolute Gasteiger partial charge is 0.356 e. The number of hydrogen-bond donors (Lipinski definition) is 2. The van der Waals surface area contributed by atoms with Crippen LogP contribution in [0.15, 0.2) is 48.0 Å². The summed E-state index contributed by atoms with van der Waals surface area (Å²) in [6, 6.07) is 11.3. The molecule has 1 amide bonds. The van der Waals surface area contributed by atoms with Gasteiger partial charge in [-0.05, 0) is 19.9 Å². The van der Waals surface area contributed by atoms with Crippen molar-refractivity contribution in [2.45, 2.75) is 19.9 Å². The molecule has 0 unspecified atom stereocenters. The number of aromatic amines is 1. The van der Waals surface area contributed by atoms with E-state index in [-0.39, 0.29) is 17.7 Å². The molecule has 2 aromatic heterocycles. The highest BCUT2D eigenvalue weighted by Crippen LogP contribution is 2.25. The molecule has 0 bridgehead atoms. The molecule has 0 fully saturated rings. The van der Waals surface area contributed by atoms with Crippen molar-refractivity contribution in [2.75, 3.05) is 0 Å². The number of carbonyl (C=O) groups is 2. The van der Waals surface area contributed by atoms with Crippen molar-refractivity contribution in [1.29, 1.82) is 0 Å². The molecule has 0 radical (unpaired) electrons. The van der Waals surface area contributed by atoms with Crippen LogP contribution >= 0.6 is 11.3 Å². The van der Waals surface area contributed by atoms with E-state index < -0.39 is 0 Å². The number of ketones is 1. The number of nitrogens with one attached hydrogen (secondary N) is 2. The van der Waals surface area contributed by atoms with Crippen LogP contribution in [-0.2, 0) is 0 Å². The van der Waals surface area contributed by atoms with Crippen molar-refractivity contribution in [1.82, 2.24) is 15.3 Å². The molecule has 3 aromatic rings. The van der Waals surface area contributed by atoms with Gasteiger partial charge in [-0.25, -0.2) is 4.98 Å². The van der Waals surface area contributed by atoms with E-state index in [1.807, 2.05) is 42.6 Å². The number of amides is 1. The van der Waals surface area contributed by atoms with E-state index in [0.717, 1.165) is 16.3 Å². The van der Waals surface area contributed by atoms with Crippen molar-refractivity contribution in [3.8, 4) is 11.3 Å². The number of thiazole rings is 1. The fourth-order valence-electron chi connectivity index (χ4n) is 2.29. The third-order valence-electron chi connectivity index (χ3n) is 3.64. The fourth-order valence-corrected chi connectivity index (χ4v) is 3.13. The Hall–Kier alpha value is -2.73. The lowest BCUT2D eigenvalue weighted by atomic mass is 10.2. The van der Waals surface area contributed by atoms with Crippen LogP contribution < -0.4 is 5.32 Å². The Bertz CT molecular complexity index is 867. The first-order valence-corrected chi connectivity index (χ1v) is 8.43. The molecule has 1 atom stereocenters. The molecular formula is C18H17N3O2S. The van der Waals surface area contributed by atoms with Crippen LogP contribution in [-0.4, -0.2) is 21.7 Å². The average Bonchev–Trinajstić information content (AvgIpc) is 3.25. The Morgan fingerprint density at radius 3 is 2.67 bits per heavy atom. The van der Waals surface area contributed by atoms with Gasteiger partial charge >= 0.3 is 0 Å². The number of carbonyl (C=O) groups excluding carboxylic acids is 2. The maximum atomic E-state index is 12.3. The monoisotopic (exact) mass is 339 g/mol. The summed E-state index contributed by atoms with van der Waals surface area (Å²) in [5, 5.41) is 5.71. The van der Waals surface area contributed by atoms with Gasteiger partial charge in [0.1, 0.15) is 10.7 Å². The van der Waals surface area contributed by atoms with Crippen LogP contribution in [0.25, 0.3) is 11.3 Å². The summed E-state index contributed by atoms with van der Waals surface area (Å²) in [5.74, 6) is -0.336. The Balaban J connectivity index is 1.70. The maximum absolute atomic E-state index is 12.3.